The summed E-state index contributed by atoms with van der Waals surface area (Å²) in [4.78, 5) is 14.0. The normalized spacial score (nSPS) is 9.75. The Labute approximate surface area is 121 Å². The molecule has 0 spiro atoms. The van der Waals surface area contributed by atoms with E-state index in [-0.39, 0.29) is 33.8 Å². The fourth-order valence-corrected chi connectivity index (χ4v) is 2.18. The van der Waals surface area contributed by atoms with Gasteiger partial charge in [0.25, 0.3) is 5.56 Å². The van der Waals surface area contributed by atoms with E-state index in [1.54, 1.807) is 12.1 Å². The minimum Gasteiger partial charge on any atom is -0.507 e. The number of phenolic OH excluding ortho intramolecular Hbond substituents is 1. The second kappa shape index (κ2) is 5.08. The Bertz CT molecular complexity index is 843. The number of anilines is 1. The standard InChI is InChI=1S/C13H7BrN4O2/c14-6-1-2-10(19)7(3-6)11-8(4-15)12(17)18-13(20)9(11)5-16/h1-3,19H,(H3,17,18,20). The Balaban J connectivity index is 3.00. The number of hydrogen-bond donors (Lipinski definition) is 3. The second-order valence-corrected chi connectivity index (χ2v) is 4.79. The summed E-state index contributed by atoms with van der Waals surface area (Å²) < 4.78 is 0.622. The highest BCUT2D eigenvalue weighted by Gasteiger charge is 2.20. The number of halogens is 1. The van der Waals surface area contributed by atoms with Crippen molar-refractivity contribution in [3.63, 3.8) is 0 Å². The first-order chi connectivity index (χ1) is 9.49. The Hall–Kier alpha value is -2.77. The molecule has 0 fully saturated rings. The summed E-state index contributed by atoms with van der Waals surface area (Å²) >= 11 is 3.23. The molecule has 0 aliphatic rings. The van der Waals surface area contributed by atoms with Crippen molar-refractivity contribution in [1.29, 1.82) is 10.5 Å². The Morgan fingerprint density at radius 3 is 2.50 bits per heavy atom. The minimum atomic E-state index is -0.710. The van der Waals surface area contributed by atoms with Crippen LogP contribution in [0.5, 0.6) is 5.75 Å². The summed E-state index contributed by atoms with van der Waals surface area (Å²) in [6, 6.07) is 8.06. The van der Waals surface area contributed by atoms with Crippen LogP contribution in [0.1, 0.15) is 11.1 Å². The number of benzene rings is 1. The lowest BCUT2D eigenvalue weighted by Gasteiger charge is -2.10. The smallest absolute Gasteiger partial charge is 0.268 e. The van der Waals surface area contributed by atoms with E-state index in [9.17, 15) is 15.2 Å². The van der Waals surface area contributed by atoms with Gasteiger partial charge in [-0.15, -0.1) is 0 Å². The van der Waals surface area contributed by atoms with Crippen molar-refractivity contribution in [1.82, 2.24) is 4.98 Å². The molecule has 1 heterocycles. The predicted octanol–water partition coefficient (Wildman–Crippen LogP) is 1.84. The fraction of sp³-hybridized carbons (Fsp3) is 0. The number of aromatic hydroxyl groups is 1. The van der Waals surface area contributed by atoms with E-state index in [4.69, 9.17) is 11.0 Å². The molecule has 98 valence electrons. The number of pyridine rings is 1. The summed E-state index contributed by atoms with van der Waals surface area (Å²) in [5.41, 5.74) is 4.77. The molecule has 0 aliphatic carbocycles. The predicted molar refractivity (Wildman–Crippen MR) is 75.7 cm³/mol. The molecule has 0 amide bonds. The maximum atomic E-state index is 11.8. The van der Waals surface area contributed by atoms with Crippen LogP contribution < -0.4 is 11.3 Å². The van der Waals surface area contributed by atoms with Crippen LogP contribution in [0.4, 0.5) is 5.82 Å². The van der Waals surface area contributed by atoms with E-state index in [1.807, 2.05) is 6.07 Å². The number of nitrogen functional groups attached to an aromatic ring is 1. The molecular weight excluding hydrogens is 324 g/mol. The van der Waals surface area contributed by atoms with Crippen molar-refractivity contribution in [3.8, 4) is 29.0 Å². The van der Waals surface area contributed by atoms with Gasteiger partial charge in [-0.3, -0.25) is 4.79 Å². The van der Waals surface area contributed by atoms with Crippen molar-refractivity contribution in [2.75, 3.05) is 5.73 Å². The van der Waals surface area contributed by atoms with Crippen LogP contribution in [0.2, 0.25) is 0 Å². The SMILES string of the molecule is N#Cc1c(N)[nH]c(=O)c(C#N)c1-c1cc(Br)ccc1O. The molecule has 0 unspecified atom stereocenters. The average molecular weight is 331 g/mol. The summed E-state index contributed by atoms with van der Waals surface area (Å²) in [6.07, 6.45) is 0. The van der Waals surface area contributed by atoms with Crippen LogP contribution in [-0.2, 0) is 0 Å². The van der Waals surface area contributed by atoms with Gasteiger partial charge >= 0.3 is 0 Å². The van der Waals surface area contributed by atoms with Gasteiger partial charge in [0.1, 0.15) is 34.8 Å². The molecule has 0 radical (unpaired) electrons. The Morgan fingerprint density at radius 2 is 1.90 bits per heavy atom. The summed E-state index contributed by atoms with van der Waals surface area (Å²) in [7, 11) is 0. The second-order valence-electron chi connectivity index (χ2n) is 3.88. The molecule has 6 nitrogen and oxygen atoms in total. The summed E-state index contributed by atoms with van der Waals surface area (Å²) in [5.74, 6) is -0.308. The van der Waals surface area contributed by atoms with Crippen molar-refractivity contribution in [2.24, 2.45) is 0 Å². The molecular formula is C13H7BrN4O2. The van der Waals surface area contributed by atoms with Crippen LogP contribution in [0.3, 0.4) is 0 Å². The van der Waals surface area contributed by atoms with Gasteiger partial charge in [-0.25, -0.2) is 0 Å². The van der Waals surface area contributed by atoms with Crippen LogP contribution in [0, 0.1) is 22.7 Å². The lowest BCUT2D eigenvalue weighted by atomic mass is 9.96. The highest BCUT2D eigenvalue weighted by molar-refractivity contribution is 9.10. The third-order valence-electron chi connectivity index (χ3n) is 2.70. The van der Waals surface area contributed by atoms with Gasteiger partial charge in [-0.2, -0.15) is 10.5 Å². The van der Waals surface area contributed by atoms with Gasteiger partial charge in [0, 0.05) is 15.6 Å². The fourth-order valence-electron chi connectivity index (χ4n) is 1.82. The number of phenols is 1. The molecule has 0 saturated carbocycles. The van der Waals surface area contributed by atoms with E-state index < -0.39 is 5.56 Å². The molecule has 2 aromatic rings. The zero-order valence-electron chi connectivity index (χ0n) is 9.94. The molecule has 0 bridgehead atoms. The molecule has 0 atom stereocenters. The van der Waals surface area contributed by atoms with E-state index >= 15 is 0 Å². The molecule has 0 aliphatic heterocycles. The molecule has 4 N–H and O–H groups in total. The average Bonchev–Trinajstić information content (AvgIpc) is 2.41. The van der Waals surface area contributed by atoms with Gasteiger partial charge < -0.3 is 15.8 Å². The summed E-state index contributed by atoms with van der Waals surface area (Å²) in [6.45, 7) is 0. The number of rotatable bonds is 1. The first-order valence-corrected chi connectivity index (χ1v) is 6.13. The van der Waals surface area contributed by atoms with E-state index in [0.29, 0.717) is 4.47 Å². The van der Waals surface area contributed by atoms with Crippen molar-refractivity contribution < 1.29 is 5.11 Å². The minimum absolute atomic E-state index is 0.0232. The van der Waals surface area contributed by atoms with E-state index in [0.717, 1.165) is 0 Å². The zero-order valence-corrected chi connectivity index (χ0v) is 11.5. The number of hydrogen-bond acceptors (Lipinski definition) is 5. The maximum absolute atomic E-state index is 11.8. The van der Waals surface area contributed by atoms with Gasteiger partial charge in [0.15, 0.2) is 0 Å². The third kappa shape index (κ3) is 2.11. The first-order valence-electron chi connectivity index (χ1n) is 5.34. The monoisotopic (exact) mass is 330 g/mol. The lowest BCUT2D eigenvalue weighted by Crippen LogP contribution is -2.16. The number of nitrogens with two attached hydrogens (primary N) is 1. The van der Waals surface area contributed by atoms with Crippen LogP contribution in [0.25, 0.3) is 11.1 Å². The molecule has 20 heavy (non-hydrogen) atoms. The highest BCUT2D eigenvalue weighted by atomic mass is 79.9. The molecule has 2 rings (SSSR count). The lowest BCUT2D eigenvalue weighted by molar-refractivity contribution is 0.477. The molecule has 1 aromatic heterocycles. The third-order valence-corrected chi connectivity index (χ3v) is 3.19. The maximum Gasteiger partial charge on any atom is 0.268 e. The number of nitriles is 2. The number of nitrogens with one attached hydrogen (secondary N) is 1. The van der Waals surface area contributed by atoms with E-state index in [1.165, 1.54) is 12.1 Å². The number of H-pyrrole nitrogens is 1. The first kappa shape index (κ1) is 13.7. The Kier molecular flexibility index (Phi) is 3.47. The quantitative estimate of drug-likeness (QED) is 0.735. The van der Waals surface area contributed by atoms with Crippen molar-refractivity contribution in [3.05, 3.63) is 44.2 Å². The van der Waals surface area contributed by atoms with Crippen LogP contribution >= 0.6 is 15.9 Å². The summed E-state index contributed by atoms with van der Waals surface area (Å²) in [5, 5.41) is 28.2. The van der Waals surface area contributed by atoms with Gasteiger partial charge in [-0.05, 0) is 18.2 Å². The number of aromatic nitrogens is 1. The van der Waals surface area contributed by atoms with Crippen LogP contribution in [-0.4, -0.2) is 10.1 Å². The molecule has 0 saturated heterocycles. The van der Waals surface area contributed by atoms with Crippen LogP contribution in [0.15, 0.2) is 27.5 Å². The highest BCUT2D eigenvalue weighted by Crippen LogP contribution is 2.36. The van der Waals surface area contributed by atoms with Gasteiger partial charge in [0.05, 0.1) is 0 Å². The van der Waals surface area contributed by atoms with Gasteiger partial charge in [-0.1, -0.05) is 15.9 Å². The molecule has 7 heteroatoms. The number of aromatic amines is 1. The zero-order chi connectivity index (χ0) is 14.9. The number of nitrogens with zero attached hydrogens (tertiary/aromatic N) is 2. The Morgan fingerprint density at radius 1 is 1.25 bits per heavy atom. The van der Waals surface area contributed by atoms with Crippen molar-refractivity contribution >= 4 is 21.7 Å². The van der Waals surface area contributed by atoms with E-state index in [2.05, 4.69) is 20.9 Å². The topological polar surface area (TPSA) is 127 Å². The largest absolute Gasteiger partial charge is 0.507 e. The van der Waals surface area contributed by atoms with Crippen molar-refractivity contribution in [2.45, 2.75) is 0 Å². The van der Waals surface area contributed by atoms with Gasteiger partial charge in [0.2, 0.25) is 0 Å². The molecule has 1 aromatic carbocycles.